The lowest BCUT2D eigenvalue weighted by atomic mass is 9.84. The SMILES string of the molecule is CCCCCCN(CCCCCC)Cc1cc(C(C)(C)C)cc(C=NCCN=Cc2cc(C(C)(C)C)cc(CN(CCCCCC)CCCCCC)c2O)c1O. The maximum Gasteiger partial charge on any atom is 0.128 e. The van der Waals surface area contributed by atoms with E-state index in [-0.39, 0.29) is 10.8 Å². The standard InChI is InChI=1S/C50H86N4O2/c1-11-15-19-23-29-53(30-24-20-16-12-2)39-43-35-45(49(5,6)7)33-41(47(43)55)37-51-27-28-52-38-42-34-46(50(8,9)10)36-44(48(42)56)40-54(31-25-21-17-13-3)32-26-22-18-14-4/h33-38,55-56H,11-32,39-40H2,1-10H3. The molecule has 2 N–H and O–H groups in total. The number of unbranched alkanes of at least 4 members (excludes halogenated alkanes) is 12. The molecular formula is C50H86N4O2. The smallest absolute Gasteiger partial charge is 0.128 e. The van der Waals surface area contributed by atoms with Gasteiger partial charge in [-0.2, -0.15) is 0 Å². The summed E-state index contributed by atoms with van der Waals surface area (Å²) < 4.78 is 0. The molecule has 0 aliphatic rings. The van der Waals surface area contributed by atoms with Crippen molar-refractivity contribution in [1.29, 1.82) is 0 Å². The number of phenolic OH excluding ortho intramolecular Hbond substituents is 2. The zero-order valence-corrected chi connectivity index (χ0v) is 38.1. The molecule has 2 aromatic carbocycles. The molecule has 2 aromatic rings. The van der Waals surface area contributed by atoms with Crippen LogP contribution >= 0.6 is 0 Å². The number of hydrogen-bond acceptors (Lipinski definition) is 6. The predicted octanol–water partition coefficient (Wildman–Crippen LogP) is 13.2. The van der Waals surface area contributed by atoms with E-state index in [0.29, 0.717) is 24.6 Å². The van der Waals surface area contributed by atoms with Crippen LogP contribution in [0.5, 0.6) is 11.5 Å². The predicted molar refractivity (Wildman–Crippen MR) is 246 cm³/mol. The Kier molecular flexibility index (Phi) is 23.9. The summed E-state index contributed by atoms with van der Waals surface area (Å²) in [7, 11) is 0. The lowest BCUT2D eigenvalue weighted by molar-refractivity contribution is 0.249. The average Bonchev–Trinajstić information content (AvgIpc) is 3.14. The zero-order chi connectivity index (χ0) is 41.4. The summed E-state index contributed by atoms with van der Waals surface area (Å²) >= 11 is 0. The first-order valence-corrected chi connectivity index (χ1v) is 22.9. The number of phenols is 2. The second-order valence-electron chi connectivity index (χ2n) is 18.5. The van der Waals surface area contributed by atoms with Crippen LogP contribution in [0, 0.1) is 0 Å². The summed E-state index contributed by atoms with van der Waals surface area (Å²) in [5, 5.41) is 23.1. The molecule has 0 unspecified atom stereocenters. The minimum atomic E-state index is -0.0496. The number of nitrogens with zero attached hydrogens (tertiary/aromatic N) is 4. The molecule has 0 radical (unpaired) electrons. The number of hydrogen-bond donors (Lipinski definition) is 2. The molecular weight excluding hydrogens is 689 g/mol. The largest absolute Gasteiger partial charge is 0.507 e. The number of aromatic hydroxyl groups is 2. The fourth-order valence-electron chi connectivity index (χ4n) is 7.25. The number of aliphatic imine (C=N–C) groups is 2. The first-order chi connectivity index (χ1) is 26.7. The number of rotatable bonds is 29. The Morgan fingerprint density at radius 2 is 0.768 bits per heavy atom. The Bertz CT molecular complexity index is 1290. The van der Waals surface area contributed by atoms with Crippen LogP contribution in [-0.4, -0.2) is 71.7 Å². The molecule has 0 bridgehead atoms. The lowest BCUT2D eigenvalue weighted by Gasteiger charge is -2.26. The average molecular weight is 775 g/mol. The fraction of sp³-hybridized carbons (Fsp3) is 0.720. The van der Waals surface area contributed by atoms with Gasteiger partial charge in [-0.05, 0) is 86.0 Å². The number of benzene rings is 2. The highest BCUT2D eigenvalue weighted by atomic mass is 16.3. The molecule has 0 saturated carbocycles. The summed E-state index contributed by atoms with van der Waals surface area (Å²) in [6.45, 7) is 29.3. The van der Waals surface area contributed by atoms with E-state index in [1.165, 1.54) is 114 Å². The minimum absolute atomic E-state index is 0.0496. The van der Waals surface area contributed by atoms with Gasteiger partial charge in [-0.25, -0.2) is 0 Å². The van der Waals surface area contributed by atoms with Crippen LogP contribution in [-0.2, 0) is 23.9 Å². The highest BCUT2D eigenvalue weighted by molar-refractivity contribution is 5.85. The van der Waals surface area contributed by atoms with Crippen LogP contribution in [0.25, 0.3) is 0 Å². The Labute approximate surface area is 345 Å². The van der Waals surface area contributed by atoms with Crippen molar-refractivity contribution in [3.63, 3.8) is 0 Å². The summed E-state index contributed by atoms with van der Waals surface area (Å²) in [5.41, 5.74) is 5.88. The molecule has 0 fully saturated rings. The van der Waals surface area contributed by atoms with Crippen molar-refractivity contribution in [2.24, 2.45) is 9.98 Å². The van der Waals surface area contributed by atoms with Crippen molar-refractivity contribution < 1.29 is 10.2 Å². The van der Waals surface area contributed by atoms with Gasteiger partial charge >= 0.3 is 0 Å². The molecule has 56 heavy (non-hydrogen) atoms. The second-order valence-corrected chi connectivity index (χ2v) is 18.5. The molecule has 0 atom stereocenters. The Balaban J connectivity index is 2.26. The van der Waals surface area contributed by atoms with E-state index in [4.69, 9.17) is 9.98 Å². The van der Waals surface area contributed by atoms with Crippen LogP contribution < -0.4 is 0 Å². The van der Waals surface area contributed by atoms with Crippen LogP contribution in [0.4, 0.5) is 0 Å². The van der Waals surface area contributed by atoms with Crippen molar-refractivity contribution in [2.75, 3.05) is 39.3 Å². The molecule has 6 heteroatoms. The van der Waals surface area contributed by atoms with Crippen LogP contribution in [0.1, 0.15) is 205 Å². The molecule has 6 nitrogen and oxygen atoms in total. The van der Waals surface area contributed by atoms with Crippen molar-refractivity contribution in [2.45, 2.75) is 196 Å². The Morgan fingerprint density at radius 1 is 0.464 bits per heavy atom. The van der Waals surface area contributed by atoms with E-state index in [1.807, 2.05) is 12.4 Å². The van der Waals surface area contributed by atoms with Gasteiger partial charge < -0.3 is 10.2 Å². The van der Waals surface area contributed by atoms with Gasteiger partial charge in [-0.3, -0.25) is 19.8 Å². The van der Waals surface area contributed by atoms with Crippen LogP contribution in [0.15, 0.2) is 34.3 Å². The third-order valence-electron chi connectivity index (χ3n) is 11.1. The summed E-state index contributed by atoms with van der Waals surface area (Å²) in [5.74, 6) is 0.692. The highest BCUT2D eigenvalue weighted by Gasteiger charge is 2.21. The Hall–Kier alpha value is -2.70. The van der Waals surface area contributed by atoms with Crippen LogP contribution in [0.2, 0.25) is 0 Å². The fourth-order valence-corrected chi connectivity index (χ4v) is 7.25. The molecule has 0 aromatic heterocycles. The maximum atomic E-state index is 11.6. The van der Waals surface area contributed by atoms with Gasteiger partial charge in [-0.15, -0.1) is 0 Å². The normalized spacial score (nSPS) is 12.7. The first-order valence-electron chi connectivity index (χ1n) is 22.9. The molecule has 0 saturated heterocycles. The van der Waals surface area contributed by atoms with Crippen molar-refractivity contribution in [1.82, 2.24) is 9.80 Å². The van der Waals surface area contributed by atoms with Crippen molar-refractivity contribution in [3.05, 3.63) is 57.6 Å². The highest BCUT2D eigenvalue weighted by Crippen LogP contribution is 2.33. The summed E-state index contributed by atoms with van der Waals surface area (Å²) in [6.07, 6.45) is 23.6. The maximum absolute atomic E-state index is 11.6. The van der Waals surface area contributed by atoms with Gasteiger partial charge in [0.1, 0.15) is 11.5 Å². The van der Waals surface area contributed by atoms with Gasteiger partial charge in [0, 0.05) is 47.8 Å². The molecule has 2 rings (SSSR count). The van der Waals surface area contributed by atoms with Crippen molar-refractivity contribution in [3.8, 4) is 11.5 Å². The zero-order valence-electron chi connectivity index (χ0n) is 38.1. The van der Waals surface area contributed by atoms with E-state index < -0.39 is 0 Å². The van der Waals surface area contributed by atoms with Gasteiger partial charge in [-0.1, -0.05) is 158 Å². The third-order valence-corrected chi connectivity index (χ3v) is 11.1. The first kappa shape index (κ1) is 49.4. The van der Waals surface area contributed by atoms with E-state index in [9.17, 15) is 10.2 Å². The molecule has 318 valence electrons. The van der Waals surface area contributed by atoms with E-state index in [2.05, 4.69) is 103 Å². The second kappa shape index (κ2) is 27.1. The minimum Gasteiger partial charge on any atom is -0.507 e. The van der Waals surface area contributed by atoms with Gasteiger partial charge in [0.2, 0.25) is 0 Å². The summed E-state index contributed by atoms with van der Waals surface area (Å²) in [6, 6.07) is 8.64. The van der Waals surface area contributed by atoms with Gasteiger partial charge in [0.15, 0.2) is 0 Å². The third kappa shape index (κ3) is 19.2. The van der Waals surface area contributed by atoms with E-state index in [1.54, 1.807) is 0 Å². The molecule has 0 aliphatic carbocycles. The summed E-state index contributed by atoms with van der Waals surface area (Å²) in [4.78, 5) is 14.6. The molecule has 0 heterocycles. The van der Waals surface area contributed by atoms with Crippen LogP contribution in [0.3, 0.4) is 0 Å². The lowest BCUT2D eigenvalue weighted by Crippen LogP contribution is -2.26. The van der Waals surface area contributed by atoms with Gasteiger partial charge in [0.25, 0.3) is 0 Å². The quantitative estimate of drug-likeness (QED) is 0.0638. The molecule has 0 amide bonds. The van der Waals surface area contributed by atoms with E-state index >= 15 is 0 Å². The molecule has 0 aliphatic heterocycles. The Morgan fingerprint density at radius 3 is 1.04 bits per heavy atom. The topological polar surface area (TPSA) is 71.7 Å². The van der Waals surface area contributed by atoms with Gasteiger partial charge in [0.05, 0.1) is 13.1 Å². The monoisotopic (exact) mass is 775 g/mol. The van der Waals surface area contributed by atoms with Crippen molar-refractivity contribution >= 4 is 12.4 Å². The van der Waals surface area contributed by atoms with E-state index in [0.717, 1.165) is 61.5 Å². The molecule has 0 spiro atoms.